The van der Waals surface area contributed by atoms with E-state index in [2.05, 4.69) is 10.1 Å². The van der Waals surface area contributed by atoms with Crippen LogP contribution in [0.5, 0.6) is 0 Å². The van der Waals surface area contributed by atoms with E-state index >= 15 is 0 Å². The zero-order valence-corrected chi connectivity index (χ0v) is 10.6. The molecule has 0 spiro atoms. The van der Waals surface area contributed by atoms with Crippen molar-refractivity contribution in [3.05, 3.63) is 12.2 Å². The molecule has 0 radical (unpaired) electrons. The summed E-state index contributed by atoms with van der Waals surface area (Å²) in [6.45, 7) is 6.13. The zero-order chi connectivity index (χ0) is 12.3. The predicted octanol–water partition coefficient (Wildman–Crippen LogP) is 0.780. The maximum atomic E-state index is 10.1. The normalized spacial score (nSPS) is 16.1. The Kier molecular flexibility index (Phi) is 4.04. The Morgan fingerprint density at radius 3 is 2.50 bits per heavy atom. The number of aliphatic hydroxyl groups is 1. The molecule has 0 amide bonds. The van der Waals surface area contributed by atoms with Crippen molar-refractivity contribution in [1.29, 1.82) is 0 Å². The third-order valence-corrected chi connectivity index (χ3v) is 2.65. The Hall–Kier alpha value is -0.940. The second kappa shape index (κ2) is 4.93. The van der Waals surface area contributed by atoms with Crippen molar-refractivity contribution in [3.63, 3.8) is 0 Å². The molecule has 2 atom stereocenters. The average Bonchev–Trinajstić information content (AvgIpc) is 2.50. The molecule has 0 aromatic carbocycles. The molecule has 0 bridgehead atoms. The SMILES string of the molecule is COC(C(O)Cc1ncnn1C)C(C)(C)C. The molecule has 0 aliphatic heterocycles. The Bertz CT molecular complexity index is 330. The van der Waals surface area contributed by atoms with Gasteiger partial charge in [0.25, 0.3) is 0 Å². The highest BCUT2D eigenvalue weighted by atomic mass is 16.5. The maximum absolute atomic E-state index is 10.1. The lowest BCUT2D eigenvalue weighted by atomic mass is 9.84. The van der Waals surface area contributed by atoms with Crippen LogP contribution in [-0.2, 0) is 18.2 Å². The minimum atomic E-state index is -0.576. The fraction of sp³-hybridized carbons (Fsp3) is 0.818. The van der Waals surface area contributed by atoms with Crippen LogP contribution in [0.4, 0.5) is 0 Å². The molecule has 0 aliphatic carbocycles. The summed E-state index contributed by atoms with van der Waals surface area (Å²) in [5.74, 6) is 0.763. The van der Waals surface area contributed by atoms with Crippen molar-refractivity contribution in [2.24, 2.45) is 12.5 Å². The molecule has 5 nitrogen and oxygen atoms in total. The van der Waals surface area contributed by atoms with Crippen molar-refractivity contribution in [3.8, 4) is 0 Å². The molecule has 1 heterocycles. The molecule has 1 N–H and O–H groups in total. The number of methoxy groups -OCH3 is 1. The highest BCUT2D eigenvalue weighted by molar-refractivity contribution is 4.91. The lowest BCUT2D eigenvalue weighted by molar-refractivity contribution is -0.0707. The Labute approximate surface area is 96.5 Å². The minimum Gasteiger partial charge on any atom is -0.390 e. The summed E-state index contributed by atoms with van der Waals surface area (Å²) in [5.41, 5.74) is -0.104. The Balaban J connectivity index is 2.71. The van der Waals surface area contributed by atoms with Gasteiger partial charge in [-0.1, -0.05) is 20.8 Å². The maximum Gasteiger partial charge on any atom is 0.138 e. The van der Waals surface area contributed by atoms with Gasteiger partial charge in [-0.25, -0.2) is 4.98 Å². The lowest BCUT2D eigenvalue weighted by Gasteiger charge is -2.33. The molecular formula is C11H21N3O2. The molecule has 2 unspecified atom stereocenters. The van der Waals surface area contributed by atoms with Crippen LogP contribution in [0.2, 0.25) is 0 Å². The minimum absolute atomic E-state index is 0.104. The summed E-state index contributed by atoms with van der Waals surface area (Å²) in [7, 11) is 3.43. The summed E-state index contributed by atoms with van der Waals surface area (Å²) in [6, 6.07) is 0. The number of aryl methyl sites for hydroxylation is 1. The molecule has 92 valence electrons. The summed E-state index contributed by atoms with van der Waals surface area (Å²) in [6.07, 6.45) is 1.14. The van der Waals surface area contributed by atoms with E-state index in [0.29, 0.717) is 6.42 Å². The largest absolute Gasteiger partial charge is 0.390 e. The van der Waals surface area contributed by atoms with Crippen LogP contribution >= 0.6 is 0 Å². The highest BCUT2D eigenvalue weighted by Gasteiger charge is 2.31. The van der Waals surface area contributed by atoms with E-state index in [1.54, 1.807) is 11.8 Å². The molecule has 5 heteroatoms. The van der Waals surface area contributed by atoms with Crippen molar-refractivity contribution < 1.29 is 9.84 Å². The number of rotatable bonds is 4. The first-order chi connectivity index (χ1) is 7.36. The second-order valence-corrected chi connectivity index (χ2v) is 5.09. The van der Waals surface area contributed by atoms with Crippen LogP contribution in [0, 0.1) is 5.41 Å². The van der Waals surface area contributed by atoms with Crippen LogP contribution in [0.15, 0.2) is 6.33 Å². The molecule has 0 saturated carbocycles. The van der Waals surface area contributed by atoms with E-state index < -0.39 is 6.10 Å². The Morgan fingerprint density at radius 1 is 1.50 bits per heavy atom. The van der Waals surface area contributed by atoms with E-state index in [-0.39, 0.29) is 11.5 Å². The average molecular weight is 227 g/mol. The quantitative estimate of drug-likeness (QED) is 0.825. The predicted molar refractivity (Wildman–Crippen MR) is 61.0 cm³/mol. The van der Waals surface area contributed by atoms with Crippen molar-refractivity contribution in [2.75, 3.05) is 7.11 Å². The van der Waals surface area contributed by atoms with Crippen LogP contribution < -0.4 is 0 Å². The molecule has 0 saturated heterocycles. The van der Waals surface area contributed by atoms with Gasteiger partial charge in [0.15, 0.2) is 0 Å². The standard InChI is InChI=1S/C11H21N3O2/c1-11(2,3)10(16-5)8(15)6-9-12-7-13-14(9)4/h7-8,10,15H,6H2,1-5H3. The summed E-state index contributed by atoms with van der Waals surface area (Å²) < 4.78 is 7.02. The van der Waals surface area contributed by atoms with Crippen LogP contribution in [0.25, 0.3) is 0 Å². The number of aliphatic hydroxyl groups excluding tert-OH is 1. The molecule has 1 aromatic rings. The monoisotopic (exact) mass is 227 g/mol. The smallest absolute Gasteiger partial charge is 0.138 e. The Morgan fingerprint density at radius 2 is 2.12 bits per heavy atom. The lowest BCUT2D eigenvalue weighted by Crippen LogP contribution is -2.41. The number of aromatic nitrogens is 3. The van der Waals surface area contributed by atoms with E-state index in [4.69, 9.17) is 4.74 Å². The number of nitrogens with zero attached hydrogens (tertiary/aromatic N) is 3. The van der Waals surface area contributed by atoms with Gasteiger partial charge in [-0.2, -0.15) is 5.10 Å². The third kappa shape index (κ3) is 3.02. The van der Waals surface area contributed by atoms with E-state index in [1.165, 1.54) is 6.33 Å². The summed E-state index contributed by atoms with van der Waals surface area (Å²) in [5, 5.41) is 14.1. The van der Waals surface area contributed by atoms with Gasteiger partial charge in [0.2, 0.25) is 0 Å². The van der Waals surface area contributed by atoms with Crippen LogP contribution in [0.1, 0.15) is 26.6 Å². The van der Waals surface area contributed by atoms with E-state index in [1.807, 2.05) is 27.8 Å². The van der Waals surface area contributed by atoms with Gasteiger partial charge in [-0.15, -0.1) is 0 Å². The van der Waals surface area contributed by atoms with Gasteiger partial charge in [0, 0.05) is 20.6 Å². The number of hydrogen-bond acceptors (Lipinski definition) is 4. The summed E-state index contributed by atoms with van der Waals surface area (Å²) >= 11 is 0. The molecule has 0 fully saturated rings. The molecule has 16 heavy (non-hydrogen) atoms. The third-order valence-electron chi connectivity index (χ3n) is 2.65. The first kappa shape index (κ1) is 13.1. The fourth-order valence-corrected chi connectivity index (χ4v) is 1.89. The molecule has 1 aromatic heterocycles. The van der Waals surface area contributed by atoms with E-state index in [0.717, 1.165) is 5.82 Å². The fourth-order valence-electron chi connectivity index (χ4n) is 1.89. The number of ether oxygens (including phenoxy) is 1. The van der Waals surface area contributed by atoms with Crippen LogP contribution in [0.3, 0.4) is 0 Å². The zero-order valence-electron chi connectivity index (χ0n) is 10.6. The van der Waals surface area contributed by atoms with E-state index in [9.17, 15) is 5.11 Å². The van der Waals surface area contributed by atoms with Gasteiger partial charge in [-0.05, 0) is 5.41 Å². The second-order valence-electron chi connectivity index (χ2n) is 5.09. The van der Waals surface area contributed by atoms with Crippen LogP contribution in [-0.4, -0.2) is 39.2 Å². The first-order valence-electron chi connectivity index (χ1n) is 5.40. The van der Waals surface area contributed by atoms with Crippen molar-refractivity contribution >= 4 is 0 Å². The summed E-state index contributed by atoms with van der Waals surface area (Å²) in [4.78, 5) is 4.09. The van der Waals surface area contributed by atoms with Gasteiger partial charge in [0.1, 0.15) is 12.2 Å². The molecular weight excluding hydrogens is 206 g/mol. The van der Waals surface area contributed by atoms with Gasteiger partial charge in [-0.3, -0.25) is 4.68 Å². The van der Waals surface area contributed by atoms with Crippen molar-refractivity contribution in [1.82, 2.24) is 14.8 Å². The van der Waals surface area contributed by atoms with Gasteiger partial charge >= 0.3 is 0 Å². The molecule has 0 aliphatic rings. The van der Waals surface area contributed by atoms with Gasteiger partial charge in [0.05, 0.1) is 12.2 Å². The first-order valence-corrected chi connectivity index (χ1v) is 5.40. The number of hydrogen-bond donors (Lipinski definition) is 1. The van der Waals surface area contributed by atoms with Crippen molar-refractivity contribution in [2.45, 2.75) is 39.4 Å². The highest BCUT2D eigenvalue weighted by Crippen LogP contribution is 2.25. The van der Waals surface area contributed by atoms with Gasteiger partial charge < -0.3 is 9.84 Å². The topological polar surface area (TPSA) is 60.2 Å². The molecule has 1 rings (SSSR count).